The van der Waals surface area contributed by atoms with Crippen molar-refractivity contribution >= 4 is 33.7 Å². The second kappa shape index (κ2) is 12.6. The molecule has 0 fully saturated rings. The minimum absolute atomic E-state index is 0.145. The molecule has 0 atom stereocenters. The van der Waals surface area contributed by atoms with Gasteiger partial charge >= 0.3 is 0 Å². The van der Waals surface area contributed by atoms with Crippen LogP contribution in [0.2, 0.25) is 0 Å². The van der Waals surface area contributed by atoms with Crippen molar-refractivity contribution in [2.24, 2.45) is 0 Å². The van der Waals surface area contributed by atoms with E-state index in [1.54, 1.807) is 0 Å². The van der Waals surface area contributed by atoms with Crippen LogP contribution in [-0.2, 0) is 13.2 Å². The van der Waals surface area contributed by atoms with Gasteiger partial charge < -0.3 is 4.74 Å². The number of aromatic nitrogens is 3. The molecule has 1 aromatic heterocycles. The van der Waals surface area contributed by atoms with Crippen molar-refractivity contribution in [2.45, 2.75) is 71.4 Å². The highest BCUT2D eigenvalue weighted by molar-refractivity contribution is 6.69. The van der Waals surface area contributed by atoms with Crippen LogP contribution in [0, 0.1) is 0 Å². The van der Waals surface area contributed by atoms with Crippen molar-refractivity contribution in [1.82, 2.24) is 15.0 Å². The Morgan fingerprint density at radius 3 is 2.10 bits per heavy atom. The average molecular weight is 440 g/mol. The van der Waals surface area contributed by atoms with Crippen molar-refractivity contribution in [3.05, 3.63) is 41.2 Å². The molecule has 0 amide bonds. The van der Waals surface area contributed by atoms with Crippen molar-refractivity contribution in [3.63, 3.8) is 0 Å². The van der Waals surface area contributed by atoms with E-state index in [-0.39, 0.29) is 17.7 Å². The number of rotatable bonds is 14. The average Bonchev–Trinajstić information content (AvgIpc) is 3.16. The minimum atomic E-state index is -0.689. The molecular weight excluding hydrogens is 413 g/mol. The Balaban J connectivity index is 1.77. The predicted molar refractivity (Wildman–Crippen MR) is 114 cm³/mol. The van der Waals surface area contributed by atoms with Gasteiger partial charge in [0.2, 0.25) is 0 Å². The number of hydrogen-bond acceptors (Lipinski definition) is 5. The third kappa shape index (κ3) is 8.54. The molecule has 0 radical (unpaired) electrons. The number of carbonyl (C=O) groups is 2. The van der Waals surface area contributed by atoms with Crippen molar-refractivity contribution in [3.8, 4) is 5.75 Å². The van der Waals surface area contributed by atoms with Crippen LogP contribution in [0.25, 0.3) is 0 Å². The zero-order valence-electron chi connectivity index (χ0n) is 16.7. The van der Waals surface area contributed by atoms with Crippen LogP contribution in [0.3, 0.4) is 0 Å². The Morgan fingerprint density at radius 2 is 1.52 bits per heavy atom. The SMILES string of the molecule is CCCCCCCCCCn1cc(COc2cc(C(=O)Cl)cc(C(=O)Cl)c2)nn1. The molecule has 29 heavy (non-hydrogen) atoms. The molecule has 0 saturated heterocycles. The summed E-state index contributed by atoms with van der Waals surface area (Å²) in [6.45, 7) is 3.21. The summed E-state index contributed by atoms with van der Waals surface area (Å²) < 4.78 is 7.45. The number of hydrogen-bond donors (Lipinski definition) is 0. The van der Waals surface area contributed by atoms with Gasteiger partial charge in [0.15, 0.2) is 0 Å². The van der Waals surface area contributed by atoms with Gasteiger partial charge in [-0.25, -0.2) is 0 Å². The van der Waals surface area contributed by atoms with Crippen LogP contribution < -0.4 is 4.74 Å². The lowest BCUT2D eigenvalue weighted by Gasteiger charge is -2.07. The van der Waals surface area contributed by atoms with Gasteiger partial charge in [-0.2, -0.15) is 0 Å². The fourth-order valence-corrected chi connectivity index (χ4v) is 3.21. The van der Waals surface area contributed by atoms with E-state index in [1.807, 2.05) is 10.9 Å². The molecule has 2 aromatic rings. The number of ether oxygens (including phenoxy) is 1. The van der Waals surface area contributed by atoms with Gasteiger partial charge in [-0.1, -0.05) is 57.1 Å². The zero-order chi connectivity index (χ0) is 21.1. The number of nitrogens with zero attached hydrogens (tertiary/aromatic N) is 3. The molecule has 1 heterocycles. The molecule has 2 rings (SSSR count). The predicted octanol–water partition coefficient (Wildman–Crippen LogP) is 5.76. The van der Waals surface area contributed by atoms with Crippen LogP contribution in [0.5, 0.6) is 5.75 Å². The van der Waals surface area contributed by atoms with Gasteiger partial charge in [0, 0.05) is 17.7 Å². The lowest BCUT2D eigenvalue weighted by atomic mass is 10.1. The fraction of sp³-hybridized carbons (Fsp3) is 0.524. The Morgan fingerprint density at radius 1 is 0.931 bits per heavy atom. The summed E-state index contributed by atoms with van der Waals surface area (Å²) in [7, 11) is 0. The topological polar surface area (TPSA) is 74.1 Å². The lowest BCUT2D eigenvalue weighted by molar-refractivity contribution is 0.108. The maximum absolute atomic E-state index is 11.4. The van der Waals surface area contributed by atoms with E-state index in [4.69, 9.17) is 27.9 Å². The van der Waals surface area contributed by atoms with E-state index in [0.717, 1.165) is 13.0 Å². The first-order chi connectivity index (χ1) is 14.0. The van der Waals surface area contributed by atoms with E-state index < -0.39 is 10.5 Å². The maximum atomic E-state index is 11.4. The smallest absolute Gasteiger partial charge is 0.252 e. The number of carbonyl (C=O) groups excluding carboxylic acids is 2. The van der Waals surface area contributed by atoms with Crippen LogP contribution in [0.15, 0.2) is 24.4 Å². The van der Waals surface area contributed by atoms with Gasteiger partial charge in [-0.15, -0.1) is 5.10 Å². The minimum Gasteiger partial charge on any atom is -0.487 e. The molecule has 0 aliphatic rings. The van der Waals surface area contributed by atoms with Gasteiger partial charge in [-0.3, -0.25) is 14.3 Å². The number of unbranched alkanes of at least 4 members (excludes halogenated alkanes) is 7. The summed E-state index contributed by atoms with van der Waals surface area (Å²) in [5.74, 6) is 0.318. The van der Waals surface area contributed by atoms with Crippen molar-refractivity contribution in [2.75, 3.05) is 0 Å². The molecule has 0 aliphatic carbocycles. The molecule has 0 unspecified atom stereocenters. The largest absolute Gasteiger partial charge is 0.487 e. The maximum Gasteiger partial charge on any atom is 0.252 e. The monoisotopic (exact) mass is 439 g/mol. The molecule has 8 heteroatoms. The Labute approximate surface area is 181 Å². The van der Waals surface area contributed by atoms with E-state index >= 15 is 0 Å². The molecule has 0 saturated carbocycles. The normalized spacial score (nSPS) is 10.9. The molecule has 0 aliphatic heterocycles. The van der Waals surface area contributed by atoms with Crippen LogP contribution in [-0.4, -0.2) is 25.5 Å². The summed E-state index contributed by atoms with van der Waals surface area (Å²) in [4.78, 5) is 22.8. The second-order valence-corrected chi connectivity index (χ2v) is 7.72. The molecule has 6 nitrogen and oxygen atoms in total. The Kier molecular flexibility index (Phi) is 10.2. The summed E-state index contributed by atoms with van der Waals surface area (Å²) in [6.07, 6.45) is 11.9. The Hall–Kier alpha value is -1.92. The van der Waals surface area contributed by atoms with Crippen molar-refractivity contribution < 1.29 is 14.3 Å². The number of benzene rings is 1. The van der Waals surface area contributed by atoms with Gasteiger partial charge in [0.1, 0.15) is 18.1 Å². The molecule has 1 aromatic carbocycles. The van der Waals surface area contributed by atoms with Crippen molar-refractivity contribution in [1.29, 1.82) is 0 Å². The fourth-order valence-electron chi connectivity index (χ4n) is 2.99. The highest BCUT2D eigenvalue weighted by Gasteiger charge is 2.12. The van der Waals surface area contributed by atoms with Gasteiger partial charge in [0.05, 0.1) is 6.20 Å². The van der Waals surface area contributed by atoms with Crippen LogP contribution >= 0.6 is 23.2 Å². The van der Waals surface area contributed by atoms with Gasteiger partial charge in [-0.05, 0) is 47.8 Å². The lowest BCUT2D eigenvalue weighted by Crippen LogP contribution is -2.01. The molecule has 158 valence electrons. The van der Waals surface area contributed by atoms with E-state index in [2.05, 4.69) is 17.2 Å². The standard InChI is InChI=1S/C21H27Cl2N3O3/c1-2-3-4-5-6-7-8-9-10-26-14-18(24-25-26)15-29-19-12-16(20(22)27)11-17(13-19)21(23)28/h11-14H,2-10,15H2,1H3. The van der Waals surface area contributed by atoms with E-state index in [9.17, 15) is 9.59 Å². The third-order valence-electron chi connectivity index (χ3n) is 4.57. The highest BCUT2D eigenvalue weighted by atomic mass is 35.5. The second-order valence-electron chi connectivity index (χ2n) is 7.03. The van der Waals surface area contributed by atoms with E-state index in [0.29, 0.717) is 11.4 Å². The Bertz CT molecular complexity index is 776. The molecule has 0 spiro atoms. The summed E-state index contributed by atoms with van der Waals surface area (Å²) in [5.41, 5.74) is 0.948. The third-order valence-corrected chi connectivity index (χ3v) is 5.01. The first-order valence-corrected chi connectivity index (χ1v) is 10.8. The summed E-state index contributed by atoms with van der Waals surface area (Å²) >= 11 is 11.0. The quantitative estimate of drug-likeness (QED) is 0.276. The van der Waals surface area contributed by atoms with Crippen LogP contribution in [0.1, 0.15) is 84.7 Å². The number of halogens is 2. The van der Waals surface area contributed by atoms with E-state index in [1.165, 1.54) is 63.1 Å². The van der Waals surface area contributed by atoms with Crippen LogP contribution in [0.4, 0.5) is 0 Å². The highest BCUT2D eigenvalue weighted by Crippen LogP contribution is 2.21. The zero-order valence-corrected chi connectivity index (χ0v) is 18.2. The summed E-state index contributed by atoms with van der Waals surface area (Å²) in [5, 5.41) is 6.83. The number of aryl methyl sites for hydroxylation is 1. The first kappa shape index (κ1) is 23.4. The molecule has 0 bridgehead atoms. The molecule has 0 N–H and O–H groups in total. The summed E-state index contributed by atoms with van der Waals surface area (Å²) in [6, 6.07) is 4.25. The molecular formula is C21H27Cl2N3O3. The first-order valence-electron chi connectivity index (χ1n) is 10.1. The van der Waals surface area contributed by atoms with Gasteiger partial charge in [0.25, 0.3) is 10.5 Å².